The lowest BCUT2D eigenvalue weighted by Gasteiger charge is -2.24. The van der Waals surface area contributed by atoms with Gasteiger partial charge in [-0.05, 0) is 55.8 Å². The Morgan fingerprint density at radius 2 is 1.67 bits per heavy atom. The first-order valence-corrected chi connectivity index (χ1v) is 11.9. The molecule has 0 spiro atoms. The van der Waals surface area contributed by atoms with Crippen LogP contribution in [0, 0.1) is 18.6 Å². The SMILES string of the molecule is Cc1ccc(S(=O)(=O)N(CC(=O)NC(C)c2ccc(F)cc2)Cc2c(F)cccc2Cl)cc1. The van der Waals surface area contributed by atoms with Crippen molar-refractivity contribution in [1.82, 2.24) is 9.62 Å². The standard InChI is InChI=1S/C24H23ClF2N2O3S/c1-16-6-12-20(13-7-16)33(31,32)29(14-21-22(25)4-3-5-23(21)27)15-24(30)28-17(2)18-8-10-19(26)11-9-18/h3-13,17H,14-15H2,1-2H3,(H,28,30). The summed E-state index contributed by atoms with van der Waals surface area (Å²) in [6.07, 6.45) is 0. The maximum atomic E-state index is 14.4. The van der Waals surface area contributed by atoms with Crippen molar-refractivity contribution >= 4 is 27.5 Å². The molecule has 1 N–H and O–H groups in total. The Morgan fingerprint density at radius 1 is 1.03 bits per heavy atom. The van der Waals surface area contributed by atoms with Crippen LogP contribution in [-0.4, -0.2) is 25.2 Å². The van der Waals surface area contributed by atoms with E-state index in [0.29, 0.717) is 5.56 Å². The van der Waals surface area contributed by atoms with Crippen LogP contribution < -0.4 is 5.32 Å². The molecule has 0 fully saturated rings. The van der Waals surface area contributed by atoms with Crippen molar-refractivity contribution in [2.45, 2.75) is 31.3 Å². The first-order valence-electron chi connectivity index (χ1n) is 10.1. The van der Waals surface area contributed by atoms with E-state index in [1.165, 1.54) is 54.6 Å². The monoisotopic (exact) mass is 492 g/mol. The zero-order valence-electron chi connectivity index (χ0n) is 18.1. The predicted molar refractivity (Wildman–Crippen MR) is 123 cm³/mol. The van der Waals surface area contributed by atoms with Crippen molar-refractivity contribution in [2.24, 2.45) is 0 Å². The highest BCUT2D eigenvalue weighted by atomic mass is 35.5. The molecule has 0 bridgehead atoms. The van der Waals surface area contributed by atoms with Crippen LogP contribution in [-0.2, 0) is 21.4 Å². The lowest BCUT2D eigenvalue weighted by atomic mass is 10.1. The number of carbonyl (C=O) groups is 1. The molecular formula is C24H23ClF2N2O3S. The van der Waals surface area contributed by atoms with Gasteiger partial charge in [0.15, 0.2) is 0 Å². The number of nitrogens with zero attached hydrogens (tertiary/aromatic N) is 1. The van der Waals surface area contributed by atoms with Crippen molar-refractivity contribution in [3.63, 3.8) is 0 Å². The quantitative estimate of drug-likeness (QED) is 0.481. The maximum Gasteiger partial charge on any atom is 0.243 e. The average molecular weight is 493 g/mol. The van der Waals surface area contributed by atoms with Crippen molar-refractivity contribution in [2.75, 3.05) is 6.54 Å². The van der Waals surface area contributed by atoms with Crippen LogP contribution in [0.1, 0.15) is 29.7 Å². The van der Waals surface area contributed by atoms with Gasteiger partial charge < -0.3 is 5.32 Å². The summed E-state index contributed by atoms with van der Waals surface area (Å²) in [7, 11) is -4.15. The highest BCUT2D eigenvalue weighted by Gasteiger charge is 2.29. The second kappa shape index (κ2) is 10.4. The van der Waals surface area contributed by atoms with Gasteiger partial charge in [-0.3, -0.25) is 4.79 Å². The third-order valence-corrected chi connectivity index (χ3v) is 7.28. The van der Waals surface area contributed by atoms with E-state index in [0.717, 1.165) is 9.87 Å². The average Bonchev–Trinajstić information content (AvgIpc) is 2.76. The summed E-state index contributed by atoms with van der Waals surface area (Å²) < 4.78 is 55.2. The van der Waals surface area contributed by atoms with Crippen molar-refractivity contribution in [1.29, 1.82) is 0 Å². The predicted octanol–water partition coefficient (Wildman–Crippen LogP) is 4.99. The fourth-order valence-corrected chi connectivity index (χ4v) is 4.81. The molecule has 0 aromatic heterocycles. The Bertz CT molecular complexity index is 1210. The zero-order chi connectivity index (χ0) is 24.2. The molecule has 0 saturated carbocycles. The molecule has 0 aliphatic rings. The smallest absolute Gasteiger partial charge is 0.243 e. The molecule has 3 aromatic rings. The molecule has 1 unspecified atom stereocenters. The summed E-state index contributed by atoms with van der Waals surface area (Å²) in [5, 5.41) is 2.75. The Hall–Kier alpha value is -2.81. The van der Waals surface area contributed by atoms with Gasteiger partial charge in [-0.1, -0.05) is 47.5 Å². The highest BCUT2D eigenvalue weighted by Crippen LogP contribution is 2.25. The molecule has 5 nitrogen and oxygen atoms in total. The number of hydrogen-bond acceptors (Lipinski definition) is 3. The minimum absolute atomic E-state index is 0.0278. The summed E-state index contributed by atoms with van der Waals surface area (Å²) in [4.78, 5) is 12.8. The van der Waals surface area contributed by atoms with Crippen LogP contribution in [0.3, 0.4) is 0 Å². The van der Waals surface area contributed by atoms with E-state index in [1.54, 1.807) is 19.1 Å². The molecule has 0 aliphatic carbocycles. The highest BCUT2D eigenvalue weighted by molar-refractivity contribution is 7.89. The molecule has 0 heterocycles. The number of halogens is 3. The molecule has 0 saturated heterocycles. The van der Waals surface area contributed by atoms with Gasteiger partial charge in [-0.15, -0.1) is 0 Å². The summed E-state index contributed by atoms with van der Waals surface area (Å²) in [6, 6.07) is 15.3. The molecule has 9 heteroatoms. The zero-order valence-corrected chi connectivity index (χ0v) is 19.6. The van der Waals surface area contributed by atoms with Gasteiger partial charge in [0.2, 0.25) is 15.9 Å². The molecule has 3 aromatic carbocycles. The first kappa shape index (κ1) is 24.8. The normalized spacial score (nSPS) is 12.5. The van der Waals surface area contributed by atoms with Gasteiger partial charge in [-0.2, -0.15) is 4.31 Å². The van der Waals surface area contributed by atoms with Crippen LogP contribution in [0.15, 0.2) is 71.6 Å². The van der Waals surface area contributed by atoms with Gasteiger partial charge in [0, 0.05) is 17.1 Å². The van der Waals surface area contributed by atoms with E-state index in [1.807, 2.05) is 6.92 Å². The third-order valence-electron chi connectivity index (χ3n) is 5.12. The van der Waals surface area contributed by atoms with E-state index in [-0.39, 0.29) is 15.5 Å². The Morgan fingerprint density at radius 3 is 2.27 bits per heavy atom. The van der Waals surface area contributed by atoms with E-state index >= 15 is 0 Å². The minimum atomic E-state index is -4.15. The van der Waals surface area contributed by atoms with Gasteiger partial charge in [-0.25, -0.2) is 17.2 Å². The summed E-state index contributed by atoms with van der Waals surface area (Å²) in [5.41, 5.74) is 1.48. The number of aryl methyl sites for hydroxylation is 1. The molecule has 174 valence electrons. The molecule has 0 aliphatic heterocycles. The second-order valence-corrected chi connectivity index (χ2v) is 9.97. The van der Waals surface area contributed by atoms with E-state index in [2.05, 4.69) is 5.32 Å². The van der Waals surface area contributed by atoms with Crippen LogP contribution in [0.5, 0.6) is 0 Å². The largest absolute Gasteiger partial charge is 0.348 e. The fourth-order valence-electron chi connectivity index (χ4n) is 3.23. The Balaban J connectivity index is 1.88. The molecule has 1 amide bonds. The molecule has 33 heavy (non-hydrogen) atoms. The molecule has 0 radical (unpaired) electrons. The fraction of sp³-hybridized carbons (Fsp3) is 0.208. The summed E-state index contributed by atoms with van der Waals surface area (Å²) >= 11 is 6.11. The second-order valence-electron chi connectivity index (χ2n) is 7.63. The van der Waals surface area contributed by atoms with Crippen molar-refractivity contribution in [3.8, 4) is 0 Å². The number of nitrogens with one attached hydrogen (secondary N) is 1. The van der Waals surface area contributed by atoms with Crippen molar-refractivity contribution in [3.05, 3.63) is 100 Å². The van der Waals surface area contributed by atoms with Gasteiger partial charge in [0.1, 0.15) is 11.6 Å². The van der Waals surface area contributed by atoms with Gasteiger partial charge in [0.05, 0.1) is 17.5 Å². The number of rotatable bonds is 8. The van der Waals surface area contributed by atoms with E-state index in [4.69, 9.17) is 11.6 Å². The number of carbonyl (C=O) groups excluding carboxylic acids is 1. The third kappa shape index (κ3) is 6.16. The van der Waals surface area contributed by atoms with Crippen LogP contribution >= 0.6 is 11.6 Å². The first-order chi connectivity index (χ1) is 15.6. The molecule has 1 atom stereocenters. The van der Waals surface area contributed by atoms with Crippen LogP contribution in [0.25, 0.3) is 0 Å². The Kier molecular flexibility index (Phi) is 7.84. The van der Waals surface area contributed by atoms with Crippen molar-refractivity contribution < 1.29 is 22.0 Å². The topological polar surface area (TPSA) is 66.5 Å². The van der Waals surface area contributed by atoms with Crippen LogP contribution in [0.2, 0.25) is 5.02 Å². The lowest BCUT2D eigenvalue weighted by molar-refractivity contribution is -0.122. The Labute approximate surface area is 197 Å². The minimum Gasteiger partial charge on any atom is -0.348 e. The van der Waals surface area contributed by atoms with Crippen LogP contribution in [0.4, 0.5) is 8.78 Å². The lowest BCUT2D eigenvalue weighted by Crippen LogP contribution is -2.41. The van der Waals surface area contributed by atoms with Gasteiger partial charge >= 0.3 is 0 Å². The van der Waals surface area contributed by atoms with E-state index in [9.17, 15) is 22.0 Å². The number of benzene rings is 3. The molecular weight excluding hydrogens is 470 g/mol. The number of hydrogen-bond donors (Lipinski definition) is 1. The maximum absolute atomic E-state index is 14.4. The number of sulfonamides is 1. The van der Waals surface area contributed by atoms with E-state index < -0.39 is 46.7 Å². The van der Waals surface area contributed by atoms with Gasteiger partial charge in [0.25, 0.3) is 0 Å². The summed E-state index contributed by atoms with van der Waals surface area (Å²) in [6.45, 7) is 2.52. The number of amides is 1. The molecule has 3 rings (SSSR count). The summed E-state index contributed by atoms with van der Waals surface area (Å²) in [5.74, 6) is -1.68.